The van der Waals surface area contributed by atoms with Crippen LogP contribution < -0.4 is 25.5 Å². The zero-order valence-electron chi connectivity index (χ0n) is 41.7. The number of thiophene rings is 1. The second-order valence-electron chi connectivity index (χ2n) is 24.9. The number of hydrogen-bond donors (Lipinski definition) is 0. The molecule has 7 aromatic rings. The van der Waals surface area contributed by atoms with E-state index in [0.717, 1.165) is 12.8 Å². The Hall–Kier alpha value is -5.06. The van der Waals surface area contributed by atoms with Crippen molar-refractivity contribution in [3.8, 4) is 11.1 Å². The van der Waals surface area contributed by atoms with Crippen molar-refractivity contribution in [1.29, 1.82) is 0 Å². The molecule has 65 heavy (non-hydrogen) atoms. The molecule has 0 radical (unpaired) electrons. The largest absolute Gasteiger partial charge is 0.311 e. The number of fused-ring (bicyclic) bond motifs is 11. The van der Waals surface area contributed by atoms with E-state index in [1.54, 1.807) is 0 Å². The molecule has 2 nitrogen and oxygen atoms in total. The number of rotatable bonds is 2. The van der Waals surface area contributed by atoms with Gasteiger partial charge in [0.25, 0.3) is 6.71 Å². The van der Waals surface area contributed by atoms with Crippen LogP contribution in [0.1, 0.15) is 156 Å². The molecule has 1 aromatic heterocycles. The molecule has 0 fully saturated rings. The summed E-state index contributed by atoms with van der Waals surface area (Å²) in [5.41, 5.74) is 23.4. The van der Waals surface area contributed by atoms with Gasteiger partial charge in [-0.05, 0) is 149 Å². The third-order valence-electron chi connectivity index (χ3n) is 16.2. The summed E-state index contributed by atoms with van der Waals surface area (Å²) in [5.74, 6) is 0. The fraction of sp³-hybridized carbons (Fsp3) is 0.377. The predicted molar refractivity (Wildman–Crippen MR) is 285 cm³/mol. The van der Waals surface area contributed by atoms with Gasteiger partial charge >= 0.3 is 0 Å². The molecule has 0 saturated carbocycles. The summed E-state index contributed by atoms with van der Waals surface area (Å²) >= 11 is 2.05. The Morgan fingerprint density at radius 1 is 0.508 bits per heavy atom. The van der Waals surface area contributed by atoms with Crippen LogP contribution in [0.4, 0.5) is 34.1 Å². The zero-order chi connectivity index (χ0) is 46.1. The highest BCUT2D eigenvalue weighted by Gasteiger charge is 2.51. The SMILES string of the molecule is CC(C)(C)c1ccc(N2c3ccc(C(C)(C)C)cc3B3c4sc5cc6c(cc5c4N(c4ccc(C(C)(C)C)cc4)c4cc5c(c2c43)C(C)(C)CCC5(C)C)-c2ccccc2C6(C)C)cc1. The molecule has 0 bridgehead atoms. The number of hydrogen-bond acceptors (Lipinski definition) is 3. The second kappa shape index (κ2) is 13.5. The summed E-state index contributed by atoms with van der Waals surface area (Å²) in [5, 5.41) is 1.36. The van der Waals surface area contributed by atoms with Crippen LogP contribution in [-0.2, 0) is 32.5 Å². The summed E-state index contributed by atoms with van der Waals surface area (Å²) in [6, 6.07) is 43.7. The standard InChI is InChI=1S/C61H67BN2S/c1-56(2,3)36-20-25-39(26-21-36)63-48-29-24-38(58(7,8)9)32-47(48)62-52-49(34-46-51(54(52)63)60(12,13)31-30-59(46,10)11)64(40-27-22-37(23-28-40)57(4,5)6)53-43-33-42-41-18-16-17-19-44(41)61(14,15)45(42)35-50(43)65-55(53)62/h16-29,32-35H,30-31H2,1-15H3. The van der Waals surface area contributed by atoms with Gasteiger partial charge in [0, 0.05) is 48.7 Å². The molecule has 0 N–H and O–H groups in total. The number of anilines is 6. The maximum atomic E-state index is 2.71. The van der Waals surface area contributed by atoms with Gasteiger partial charge in [0.15, 0.2) is 0 Å². The van der Waals surface area contributed by atoms with Crippen molar-refractivity contribution in [2.45, 2.75) is 149 Å². The van der Waals surface area contributed by atoms with Crippen LogP contribution in [0.15, 0.2) is 109 Å². The van der Waals surface area contributed by atoms with Crippen LogP contribution in [0.5, 0.6) is 0 Å². The van der Waals surface area contributed by atoms with E-state index in [1.165, 1.54) is 110 Å². The normalized spacial score (nSPS) is 17.6. The van der Waals surface area contributed by atoms with Gasteiger partial charge in [0.2, 0.25) is 0 Å². The van der Waals surface area contributed by atoms with E-state index in [1.807, 2.05) is 11.3 Å². The average molecular weight is 871 g/mol. The van der Waals surface area contributed by atoms with Gasteiger partial charge < -0.3 is 9.80 Å². The number of benzene rings is 6. The van der Waals surface area contributed by atoms with Gasteiger partial charge in [0.1, 0.15) is 0 Å². The molecule has 0 amide bonds. The van der Waals surface area contributed by atoms with Crippen LogP contribution in [0.3, 0.4) is 0 Å². The molecule has 0 unspecified atom stereocenters. The fourth-order valence-electron chi connectivity index (χ4n) is 12.1. The molecule has 2 aliphatic heterocycles. The van der Waals surface area contributed by atoms with Crippen LogP contribution in [-0.4, -0.2) is 6.71 Å². The van der Waals surface area contributed by atoms with Crippen molar-refractivity contribution in [1.82, 2.24) is 0 Å². The Morgan fingerprint density at radius 2 is 1.06 bits per heavy atom. The summed E-state index contributed by atoms with van der Waals surface area (Å²) < 4.78 is 2.82. The molecule has 0 atom stereocenters. The predicted octanol–water partition coefficient (Wildman–Crippen LogP) is 15.5. The van der Waals surface area contributed by atoms with Crippen molar-refractivity contribution < 1.29 is 0 Å². The topological polar surface area (TPSA) is 6.48 Å². The van der Waals surface area contributed by atoms with Crippen molar-refractivity contribution in [2.24, 2.45) is 0 Å². The van der Waals surface area contributed by atoms with Crippen molar-refractivity contribution >= 4 is 78.0 Å². The van der Waals surface area contributed by atoms with Gasteiger partial charge in [-0.1, -0.05) is 165 Å². The van der Waals surface area contributed by atoms with Crippen molar-refractivity contribution in [3.05, 3.63) is 148 Å². The van der Waals surface area contributed by atoms with E-state index in [9.17, 15) is 0 Å². The quantitative estimate of drug-likeness (QED) is 0.160. The van der Waals surface area contributed by atoms with Crippen LogP contribution >= 0.6 is 11.3 Å². The zero-order valence-corrected chi connectivity index (χ0v) is 42.5. The molecule has 2 aliphatic carbocycles. The monoisotopic (exact) mass is 871 g/mol. The average Bonchev–Trinajstić information content (AvgIpc) is 3.71. The van der Waals surface area contributed by atoms with E-state index >= 15 is 0 Å². The Balaban J connectivity index is 1.31. The summed E-state index contributed by atoms with van der Waals surface area (Å²) in [7, 11) is 0. The molecule has 330 valence electrons. The molecule has 3 heterocycles. The second-order valence-corrected chi connectivity index (χ2v) is 26.0. The van der Waals surface area contributed by atoms with Crippen LogP contribution in [0, 0.1) is 0 Å². The maximum absolute atomic E-state index is 2.71. The highest BCUT2D eigenvalue weighted by atomic mass is 32.1. The minimum atomic E-state index is -0.0818. The maximum Gasteiger partial charge on any atom is 0.264 e. The molecular weight excluding hydrogens is 804 g/mol. The fourth-order valence-corrected chi connectivity index (χ4v) is 13.4. The first-order chi connectivity index (χ1) is 30.4. The summed E-state index contributed by atoms with van der Waals surface area (Å²) in [4.78, 5) is 5.42. The number of nitrogens with zero attached hydrogens (tertiary/aromatic N) is 2. The Bertz CT molecular complexity index is 3120. The highest BCUT2D eigenvalue weighted by molar-refractivity contribution is 7.33. The first-order valence-electron chi connectivity index (χ1n) is 24.3. The minimum Gasteiger partial charge on any atom is -0.311 e. The smallest absolute Gasteiger partial charge is 0.264 e. The lowest BCUT2D eigenvalue weighted by Crippen LogP contribution is -2.61. The van der Waals surface area contributed by atoms with Gasteiger partial charge in [-0.3, -0.25) is 0 Å². The van der Waals surface area contributed by atoms with Gasteiger partial charge in [-0.2, -0.15) is 0 Å². The minimum absolute atomic E-state index is 0.0150. The lowest BCUT2D eigenvalue weighted by molar-refractivity contribution is 0.333. The summed E-state index contributed by atoms with van der Waals surface area (Å²) in [6.07, 6.45) is 2.29. The molecule has 11 rings (SSSR count). The molecular formula is C61H67BN2S. The third-order valence-corrected chi connectivity index (χ3v) is 17.4. The van der Waals surface area contributed by atoms with E-state index < -0.39 is 0 Å². The lowest BCUT2D eigenvalue weighted by Gasteiger charge is -2.50. The molecule has 4 aliphatic rings. The van der Waals surface area contributed by atoms with Gasteiger partial charge in [-0.25, -0.2) is 0 Å². The Morgan fingerprint density at radius 3 is 1.66 bits per heavy atom. The first kappa shape index (κ1) is 42.6. The first-order valence-corrected chi connectivity index (χ1v) is 25.1. The van der Waals surface area contributed by atoms with Crippen LogP contribution in [0.2, 0.25) is 0 Å². The van der Waals surface area contributed by atoms with E-state index in [4.69, 9.17) is 0 Å². The molecule has 6 aromatic carbocycles. The lowest BCUT2D eigenvalue weighted by atomic mass is 9.35. The Kier molecular flexibility index (Phi) is 8.86. The molecule has 0 spiro atoms. The van der Waals surface area contributed by atoms with Gasteiger partial charge in [-0.15, -0.1) is 11.3 Å². The van der Waals surface area contributed by atoms with E-state index in [2.05, 4.69) is 223 Å². The molecule has 0 saturated heterocycles. The van der Waals surface area contributed by atoms with Crippen molar-refractivity contribution in [2.75, 3.05) is 9.80 Å². The van der Waals surface area contributed by atoms with Crippen molar-refractivity contribution in [3.63, 3.8) is 0 Å². The molecule has 4 heteroatoms. The van der Waals surface area contributed by atoms with E-state index in [0.29, 0.717) is 0 Å². The van der Waals surface area contributed by atoms with E-state index in [-0.39, 0.29) is 39.2 Å². The summed E-state index contributed by atoms with van der Waals surface area (Å²) in [6.45, 7) is 36.0. The Labute approximate surface area is 394 Å². The van der Waals surface area contributed by atoms with Gasteiger partial charge in [0.05, 0.1) is 5.69 Å². The van der Waals surface area contributed by atoms with Crippen LogP contribution in [0.25, 0.3) is 21.2 Å². The highest BCUT2D eigenvalue weighted by Crippen LogP contribution is 2.58. The third kappa shape index (κ3) is 6.17.